The molecule has 0 aliphatic carbocycles. The summed E-state index contributed by atoms with van der Waals surface area (Å²) >= 11 is 2.99. The highest BCUT2D eigenvalue weighted by Gasteiger charge is 2.20. The zero-order valence-electron chi connectivity index (χ0n) is 18.0. The maximum Gasteiger partial charge on any atom is 0.350 e. The number of guanidine groups is 1. The molecule has 2 aromatic heterocycles. The van der Waals surface area contributed by atoms with Crippen LogP contribution in [-0.2, 0) is 16.7 Å². The van der Waals surface area contributed by atoms with Crippen LogP contribution < -0.4 is 10.6 Å². The van der Waals surface area contributed by atoms with Crippen LogP contribution in [0.5, 0.6) is 0 Å². The van der Waals surface area contributed by atoms with Crippen molar-refractivity contribution in [2.45, 2.75) is 59.5 Å². The number of ether oxygens (including phenoxy) is 1. The van der Waals surface area contributed by atoms with Gasteiger partial charge in [0.15, 0.2) is 5.96 Å². The Morgan fingerprint density at radius 1 is 1.34 bits per heavy atom. The van der Waals surface area contributed by atoms with Crippen LogP contribution in [0, 0.1) is 6.92 Å². The standard InChI is InChI=1S/C19H29N5O2S2.HI/c1-8-26-17(25)15-11(2)22-16(28-15)12(3)23-18(20-7)21-9-14-24-13(10-27-14)19(4,5)6;/h10,12H,8-9H2,1-7H3,(H2,20,21,23);1H. The maximum atomic E-state index is 12.0. The first-order valence-corrected chi connectivity index (χ1v) is 10.9. The first-order valence-electron chi connectivity index (χ1n) is 9.22. The van der Waals surface area contributed by atoms with Gasteiger partial charge in [0.05, 0.1) is 30.6 Å². The summed E-state index contributed by atoms with van der Waals surface area (Å²) in [4.78, 5) is 26.0. The van der Waals surface area contributed by atoms with Crippen molar-refractivity contribution < 1.29 is 9.53 Å². The van der Waals surface area contributed by atoms with Crippen molar-refractivity contribution in [3.8, 4) is 0 Å². The average molecular weight is 552 g/mol. The van der Waals surface area contributed by atoms with Crippen molar-refractivity contribution in [1.82, 2.24) is 20.6 Å². The molecule has 162 valence electrons. The Labute approximate surface area is 197 Å². The SMILES string of the molecule is CCOC(=O)c1sc(C(C)NC(=NC)NCc2nc(C(C)(C)C)cs2)nc1C.I. The fourth-order valence-corrected chi connectivity index (χ4v) is 4.27. The molecule has 10 heteroatoms. The van der Waals surface area contributed by atoms with Gasteiger partial charge in [0.25, 0.3) is 0 Å². The van der Waals surface area contributed by atoms with E-state index >= 15 is 0 Å². The molecule has 0 saturated heterocycles. The van der Waals surface area contributed by atoms with Gasteiger partial charge in [0.2, 0.25) is 0 Å². The topological polar surface area (TPSA) is 88.5 Å². The number of rotatable bonds is 6. The van der Waals surface area contributed by atoms with E-state index in [9.17, 15) is 4.79 Å². The molecule has 0 fully saturated rings. The number of esters is 1. The fraction of sp³-hybridized carbons (Fsp3) is 0.579. The molecule has 0 spiro atoms. The van der Waals surface area contributed by atoms with Gasteiger partial charge in [0.1, 0.15) is 14.9 Å². The normalized spacial score (nSPS) is 12.9. The third-order valence-electron chi connectivity index (χ3n) is 3.95. The van der Waals surface area contributed by atoms with Crippen molar-refractivity contribution in [3.05, 3.63) is 31.7 Å². The van der Waals surface area contributed by atoms with Crippen molar-refractivity contribution in [3.63, 3.8) is 0 Å². The Bertz CT molecular complexity index is 842. The van der Waals surface area contributed by atoms with Crippen molar-refractivity contribution in [2.24, 2.45) is 4.99 Å². The summed E-state index contributed by atoms with van der Waals surface area (Å²) in [5, 5.41) is 10.5. The summed E-state index contributed by atoms with van der Waals surface area (Å²) in [5.74, 6) is 0.336. The van der Waals surface area contributed by atoms with Gasteiger partial charge in [-0.3, -0.25) is 4.99 Å². The van der Waals surface area contributed by atoms with E-state index in [0.29, 0.717) is 29.7 Å². The number of aliphatic imine (C=N–C) groups is 1. The molecule has 0 aromatic carbocycles. The van der Waals surface area contributed by atoms with E-state index in [1.54, 1.807) is 25.3 Å². The van der Waals surface area contributed by atoms with Crippen LogP contribution in [0.4, 0.5) is 0 Å². The lowest BCUT2D eigenvalue weighted by Crippen LogP contribution is -2.38. The number of aryl methyl sites for hydroxylation is 1. The van der Waals surface area contributed by atoms with Crippen molar-refractivity contribution in [2.75, 3.05) is 13.7 Å². The van der Waals surface area contributed by atoms with Crippen LogP contribution >= 0.6 is 46.7 Å². The molecule has 0 bridgehead atoms. The predicted molar refractivity (Wildman–Crippen MR) is 131 cm³/mol. The number of halogens is 1. The first-order chi connectivity index (χ1) is 13.2. The molecule has 2 rings (SSSR count). The van der Waals surface area contributed by atoms with Crippen LogP contribution in [0.2, 0.25) is 0 Å². The van der Waals surface area contributed by atoms with E-state index in [2.05, 4.69) is 51.7 Å². The van der Waals surface area contributed by atoms with Gasteiger partial charge >= 0.3 is 5.97 Å². The summed E-state index contributed by atoms with van der Waals surface area (Å²) in [5.41, 5.74) is 1.82. The zero-order valence-corrected chi connectivity index (χ0v) is 21.9. The van der Waals surface area contributed by atoms with Gasteiger partial charge in [-0.15, -0.1) is 46.7 Å². The van der Waals surface area contributed by atoms with Gasteiger partial charge in [0, 0.05) is 17.8 Å². The van der Waals surface area contributed by atoms with Crippen molar-refractivity contribution >= 4 is 58.6 Å². The summed E-state index contributed by atoms with van der Waals surface area (Å²) in [6, 6.07) is -0.0977. The molecule has 0 radical (unpaired) electrons. The number of thiazole rings is 2. The second kappa shape index (κ2) is 11.2. The highest BCUT2D eigenvalue weighted by Crippen LogP contribution is 2.25. The van der Waals surface area contributed by atoms with E-state index in [1.807, 2.05) is 13.8 Å². The minimum atomic E-state index is -0.322. The van der Waals surface area contributed by atoms with Gasteiger partial charge in [-0.05, 0) is 20.8 Å². The Morgan fingerprint density at radius 2 is 2.03 bits per heavy atom. The molecule has 2 heterocycles. The molecule has 29 heavy (non-hydrogen) atoms. The Hall–Kier alpha value is -1.27. The monoisotopic (exact) mass is 551 g/mol. The predicted octanol–water partition coefficient (Wildman–Crippen LogP) is 4.43. The minimum Gasteiger partial charge on any atom is -0.462 e. The Morgan fingerprint density at radius 3 is 2.59 bits per heavy atom. The molecule has 0 aliphatic heterocycles. The zero-order chi connectivity index (χ0) is 20.9. The van der Waals surface area contributed by atoms with Crippen LogP contribution in [0.25, 0.3) is 0 Å². The number of nitrogens with one attached hydrogen (secondary N) is 2. The van der Waals surface area contributed by atoms with Gasteiger partial charge < -0.3 is 15.4 Å². The quantitative estimate of drug-likeness (QED) is 0.239. The molecule has 0 amide bonds. The first kappa shape index (κ1) is 25.8. The lowest BCUT2D eigenvalue weighted by molar-refractivity contribution is 0.0531. The van der Waals surface area contributed by atoms with E-state index < -0.39 is 0 Å². The van der Waals surface area contributed by atoms with Gasteiger partial charge in [-0.2, -0.15) is 0 Å². The Balaban J connectivity index is 0.00000420. The Kier molecular flexibility index (Phi) is 9.96. The largest absolute Gasteiger partial charge is 0.462 e. The molecule has 1 atom stereocenters. The molecule has 2 N–H and O–H groups in total. The molecular weight excluding hydrogens is 521 g/mol. The molecule has 7 nitrogen and oxygen atoms in total. The summed E-state index contributed by atoms with van der Waals surface area (Å²) < 4.78 is 5.09. The molecule has 2 aromatic rings. The summed E-state index contributed by atoms with van der Waals surface area (Å²) in [6.45, 7) is 13.0. The van der Waals surface area contributed by atoms with Gasteiger partial charge in [-0.1, -0.05) is 20.8 Å². The molecule has 0 aliphatic rings. The summed E-state index contributed by atoms with van der Waals surface area (Å²) in [7, 11) is 1.72. The number of aromatic nitrogens is 2. The molecule has 0 saturated carbocycles. The minimum absolute atomic E-state index is 0. The molecule has 1 unspecified atom stereocenters. The summed E-state index contributed by atoms with van der Waals surface area (Å²) in [6.07, 6.45) is 0. The number of carbonyl (C=O) groups excluding carboxylic acids is 1. The lowest BCUT2D eigenvalue weighted by Gasteiger charge is -2.16. The van der Waals surface area contributed by atoms with Crippen LogP contribution in [0.15, 0.2) is 10.4 Å². The fourth-order valence-electron chi connectivity index (χ4n) is 2.35. The second-order valence-electron chi connectivity index (χ2n) is 7.36. The average Bonchev–Trinajstić information content (AvgIpc) is 3.25. The highest BCUT2D eigenvalue weighted by molar-refractivity contribution is 14.0. The van der Waals surface area contributed by atoms with Gasteiger partial charge in [-0.25, -0.2) is 14.8 Å². The van der Waals surface area contributed by atoms with Crippen LogP contribution in [0.3, 0.4) is 0 Å². The lowest BCUT2D eigenvalue weighted by atomic mass is 9.93. The second-order valence-corrected chi connectivity index (χ2v) is 9.33. The third kappa shape index (κ3) is 7.18. The number of nitrogens with zero attached hydrogens (tertiary/aromatic N) is 3. The van der Waals surface area contributed by atoms with Crippen molar-refractivity contribution in [1.29, 1.82) is 0 Å². The van der Waals surface area contributed by atoms with E-state index in [0.717, 1.165) is 15.7 Å². The highest BCUT2D eigenvalue weighted by atomic mass is 127. The number of hydrogen-bond acceptors (Lipinski definition) is 7. The van der Waals surface area contributed by atoms with Crippen LogP contribution in [0.1, 0.15) is 71.7 Å². The molecular formula is C19H30IN5O2S2. The maximum absolute atomic E-state index is 12.0. The van der Waals surface area contributed by atoms with Crippen LogP contribution in [-0.4, -0.2) is 35.6 Å². The van der Waals surface area contributed by atoms with E-state index in [1.165, 1.54) is 11.3 Å². The number of carbonyl (C=O) groups is 1. The number of hydrogen-bond donors (Lipinski definition) is 2. The smallest absolute Gasteiger partial charge is 0.350 e. The third-order valence-corrected chi connectivity index (χ3v) is 6.12. The van der Waals surface area contributed by atoms with E-state index in [4.69, 9.17) is 4.74 Å². The van der Waals surface area contributed by atoms with E-state index in [-0.39, 0.29) is 41.4 Å².